The standard InChI is InChI=1S/C6H6O2S/c1-2-6(7)8-5-3-9-4-5/h2-3H,1,4H2. The third kappa shape index (κ3) is 1.61. The molecule has 1 aliphatic rings. The Balaban J connectivity index is 2.32. The summed E-state index contributed by atoms with van der Waals surface area (Å²) in [5.41, 5.74) is 0. The Morgan fingerprint density at radius 3 is 3.00 bits per heavy atom. The van der Waals surface area contributed by atoms with Crippen molar-refractivity contribution in [3.05, 3.63) is 23.8 Å². The second-order valence-corrected chi connectivity index (χ2v) is 2.38. The number of hydrogen-bond donors (Lipinski definition) is 0. The van der Waals surface area contributed by atoms with Gasteiger partial charge in [-0.05, 0) is 0 Å². The molecule has 0 saturated carbocycles. The zero-order valence-electron chi connectivity index (χ0n) is 4.79. The lowest BCUT2D eigenvalue weighted by atomic mass is 10.6. The molecule has 0 unspecified atom stereocenters. The van der Waals surface area contributed by atoms with Crippen LogP contribution in [0.1, 0.15) is 0 Å². The Kier molecular flexibility index (Phi) is 1.95. The van der Waals surface area contributed by atoms with Crippen molar-refractivity contribution in [2.75, 3.05) is 5.75 Å². The number of esters is 1. The van der Waals surface area contributed by atoms with Gasteiger partial charge in [0.05, 0.1) is 5.75 Å². The summed E-state index contributed by atoms with van der Waals surface area (Å²) in [6, 6.07) is 0. The first-order chi connectivity index (χ1) is 4.33. The van der Waals surface area contributed by atoms with Crippen LogP contribution in [0.2, 0.25) is 0 Å². The Morgan fingerprint density at radius 2 is 2.67 bits per heavy atom. The monoisotopic (exact) mass is 142 g/mol. The summed E-state index contributed by atoms with van der Waals surface area (Å²) in [6.45, 7) is 3.26. The van der Waals surface area contributed by atoms with Crippen molar-refractivity contribution in [1.29, 1.82) is 0 Å². The van der Waals surface area contributed by atoms with Crippen LogP contribution >= 0.6 is 11.8 Å². The molecular weight excluding hydrogens is 136 g/mol. The van der Waals surface area contributed by atoms with Crippen molar-refractivity contribution >= 4 is 17.7 Å². The van der Waals surface area contributed by atoms with E-state index in [2.05, 4.69) is 6.58 Å². The molecule has 0 amide bonds. The van der Waals surface area contributed by atoms with E-state index in [1.54, 1.807) is 17.2 Å². The lowest BCUT2D eigenvalue weighted by Gasteiger charge is -2.11. The summed E-state index contributed by atoms with van der Waals surface area (Å²) in [5.74, 6) is 1.17. The zero-order chi connectivity index (χ0) is 6.69. The van der Waals surface area contributed by atoms with E-state index in [-0.39, 0.29) is 5.97 Å². The number of carbonyl (C=O) groups is 1. The van der Waals surface area contributed by atoms with Gasteiger partial charge in [0.25, 0.3) is 0 Å². The highest BCUT2D eigenvalue weighted by molar-refractivity contribution is 8.03. The molecule has 0 aliphatic carbocycles. The van der Waals surface area contributed by atoms with Gasteiger partial charge in [-0.25, -0.2) is 4.79 Å². The molecule has 0 aromatic carbocycles. The molecule has 0 radical (unpaired) electrons. The average molecular weight is 142 g/mol. The highest BCUT2D eigenvalue weighted by Gasteiger charge is 2.09. The normalized spacial score (nSPS) is 15.3. The number of ether oxygens (including phenoxy) is 1. The topological polar surface area (TPSA) is 26.3 Å². The number of thioether (sulfide) groups is 1. The number of rotatable bonds is 2. The molecule has 0 aromatic heterocycles. The molecule has 2 nitrogen and oxygen atoms in total. The third-order valence-electron chi connectivity index (χ3n) is 0.839. The van der Waals surface area contributed by atoms with Crippen molar-refractivity contribution in [3.63, 3.8) is 0 Å². The van der Waals surface area contributed by atoms with Crippen LogP contribution in [0.25, 0.3) is 0 Å². The molecule has 48 valence electrons. The number of carbonyl (C=O) groups excluding carboxylic acids is 1. The maximum atomic E-state index is 10.4. The van der Waals surface area contributed by atoms with Gasteiger partial charge in [-0.2, -0.15) is 0 Å². The van der Waals surface area contributed by atoms with E-state index in [1.807, 2.05) is 0 Å². The summed E-state index contributed by atoms with van der Waals surface area (Å²) in [6.07, 6.45) is 1.16. The van der Waals surface area contributed by atoms with Crippen LogP contribution in [0.4, 0.5) is 0 Å². The maximum absolute atomic E-state index is 10.4. The fraction of sp³-hybridized carbons (Fsp3) is 0.167. The molecule has 0 bridgehead atoms. The van der Waals surface area contributed by atoms with E-state index < -0.39 is 0 Å². The molecule has 3 heteroatoms. The largest absolute Gasteiger partial charge is 0.426 e. The highest BCUT2D eigenvalue weighted by Crippen LogP contribution is 2.23. The van der Waals surface area contributed by atoms with Gasteiger partial charge in [-0.3, -0.25) is 0 Å². The predicted octanol–water partition coefficient (Wildman–Crippen LogP) is 1.30. The van der Waals surface area contributed by atoms with Gasteiger partial charge < -0.3 is 4.74 Å². The quantitative estimate of drug-likeness (QED) is 0.429. The highest BCUT2D eigenvalue weighted by atomic mass is 32.2. The van der Waals surface area contributed by atoms with Gasteiger partial charge >= 0.3 is 5.97 Å². The SMILES string of the molecule is C=CC(=O)OC1=CSC1. The van der Waals surface area contributed by atoms with Crippen LogP contribution in [0.3, 0.4) is 0 Å². The van der Waals surface area contributed by atoms with Gasteiger partial charge in [0.15, 0.2) is 0 Å². The van der Waals surface area contributed by atoms with Crippen molar-refractivity contribution in [3.8, 4) is 0 Å². The first-order valence-electron chi connectivity index (χ1n) is 2.48. The van der Waals surface area contributed by atoms with Crippen molar-refractivity contribution in [1.82, 2.24) is 0 Å². The second-order valence-electron chi connectivity index (χ2n) is 1.52. The van der Waals surface area contributed by atoms with Crippen LogP contribution < -0.4 is 0 Å². The molecular formula is C6H6O2S. The average Bonchev–Trinajstić information content (AvgIpc) is 1.78. The first kappa shape index (κ1) is 6.42. The summed E-state index contributed by atoms with van der Waals surface area (Å²) < 4.78 is 4.72. The summed E-state index contributed by atoms with van der Waals surface area (Å²) >= 11 is 1.62. The fourth-order valence-corrected chi connectivity index (χ4v) is 0.786. The minimum atomic E-state index is -0.374. The Morgan fingerprint density at radius 1 is 2.00 bits per heavy atom. The molecule has 9 heavy (non-hydrogen) atoms. The van der Waals surface area contributed by atoms with E-state index in [1.165, 1.54) is 0 Å². The molecule has 0 atom stereocenters. The molecule has 1 rings (SSSR count). The third-order valence-corrected chi connectivity index (χ3v) is 1.72. The van der Waals surface area contributed by atoms with E-state index >= 15 is 0 Å². The van der Waals surface area contributed by atoms with E-state index in [0.717, 1.165) is 17.6 Å². The zero-order valence-corrected chi connectivity index (χ0v) is 5.61. The Hall–Kier alpha value is -0.700. The van der Waals surface area contributed by atoms with Crippen LogP contribution in [-0.4, -0.2) is 11.7 Å². The van der Waals surface area contributed by atoms with Crippen molar-refractivity contribution in [2.45, 2.75) is 0 Å². The van der Waals surface area contributed by atoms with Gasteiger partial charge in [0, 0.05) is 11.5 Å². The van der Waals surface area contributed by atoms with Gasteiger partial charge in [-0.1, -0.05) is 6.58 Å². The van der Waals surface area contributed by atoms with Gasteiger partial charge in [0.2, 0.25) is 0 Å². The van der Waals surface area contributed by atoms with Crippen LogP contribution in [-0.2, 0) is 9.53 Å². The summed E-state index contributed by atoms with van der Waals surface area (Å²) in [7, 11) is 0. The summed E-state index contributed by atoms with van der Waals surface area (Å²) in [5, 5.41) is 1.81. The van der Waals surface area contributed by atoms with Crippen LogP contribution in [0, 0.1) is 0 Å². The minimum absolute atomic E-state index is 0.374. The molecule has 0 aromatic rings. The van der Waals surface area contributed by atoms with Crippen molar-refractivity contribution in [2.24, 2.45) is 0 Å². The first-order valence-corrected chi connectivity index (χ1v) is 3.52. The Labute approximate surface area is 57.6 Å². The van der Waals surface area contributed by atoms with Crippen LogP contribution in [0.15, 0.2) is 23.8 Å². The van der Waals surface area contributed by atoms with E-state index in [0.29, 0.717) is 0 Å². The minimum Gasteiger partial charge on any atom is -0.426 e. The van der Waals surface area contributed by atoms with E-state index in [9.17, 15) is 4.79 Å². The lowest BCUT2D eigenvalue weighted by molar-refractivity contribution is -0.133. The maximum Gasteiger partial charge on any atom is 0.335 e. The van der Waals surface area contributed by atoms with Gasteiger partial charge in [-0.15, -0.1) is 11.8 Å². The predicted molar refractivity (Wildman–Crippen MR) is 36.8 cm³/mol. The Bertz CT molecular complexity index is 172. The molecule has 1 aliphatic heterocycles. The molecule has 0 spiro atoms. The second kappa shape index (κ2) is 2.73. The molecule has 0 fully saturated rings. The summed E-state index contributed by atoms with van der Waals surface area (Å²) in [4.78, 5) is 10.4. The van der Waals surface area contributed by atoms with Gasteiger partial charge in [0.1, 0.15) is 5.76 Å². The molecule has 1 heterocycles. The van der Waals surface area contributed by atoms with Crippen LogP contribution in [0.5, 0.6) is 0 Å². The van der Waals surface area contributed by atoms with E-state index in [4.69, 9.17) is 4.74 Å². The fourth-order valence-electron chi connectivity index (χ4n) is 0.376. The van der Waals surface area contributed by atoms with Crippen molar-refractivity contribution < 1.29 is 9.53 Å². The number of hydrogen-bond acceptors (Lipinski definition) is 3. The smallest absolute Gasteiger partial charge is 0.335 e. The molecule has 0 saturated heterocycles. The lowest BCUT2D eigenvalue weighted by Crippen LogP contribution is -2.05. The molecule has 0 N–H and O–H groups in total.